The summed E-state index contributed by atoms with van der Waals surface area (Å²) < 4.78 is 16.9. The Morgan fingerprint density at radius 3 is 0.847 bits per heavy atom. The first-order chi connectivity index (χ1) is 35.5. The highest BCUT2D eigenvalue weighted by Crippen LogP contribution is 2.18. The highest BCUT2D eigenvalue weighted by molar-refractivity contribution is 5.71. The Morgan fingerprint density at radius 2 is 0.542 bits per heavy atom. The van der Waals surface area contributed by atoms with E-state index in [9.17, 15) is 14.4 Å². The standard InChI is InChI=1S/C66H120O6/c1-4-7-10-13-16-19-22-24-26-28-30-32-33-35-36-38-40-42-44-47-50-53-56-59-65(68)71-62-63(61-70-64(67)58-55-52-49-46-21-18-15-12-9-6-3)72-66(69)60-57-54-51-48-45-43-41-39-37-34-31-29-27-25-23-20-17-14-11-8-5-2/h8,11,17,20,25,27,31,34,63H,4-7,9-10,12-16,18-19,21-24,26,28-30,32-33,35-62H2,1-3H3/b11-8-,20-17-,27-25-,34-31-. The molecule has 72 heavy (non-hydrogen) atoms. The third-order valence-electron chi connectivity index (χ3n) is 14.1. The van der Waals surface area contributed by atoms with E-state index in [4.69, 9.17) is 14.2 Å². The largest absolute Gasteiger partial charge is 0.462 e. The molecule has 0 saturated heterocycles. The molecule has 0 aromatic carbocycles. The molecule has 0 aliphatic carbocycles. The number of hydrogen-bond acceptors (Lipinski definition) is 6. The Labute approximate surface area is 448 Å². The van der Waals surface area contributed by atoms with Crippen LogP contribution in [0.3, 0.4) is 0 Å². The zero-order valence-electron chi connectivity index (χ0n) is 48.2. The van der Waals surface area contributed by atoms with E-state index < -0.39 is 6.10 Å². The van der Waals surface area contributed by atoms with Crippen LogP contribution in [0, 0.1) is 0 Å². The lowest BCUT2D eigenvalue weighted by Gasteiger charge is -2.18. The molecule has 0 rings (SSSR count). The molecular formula is C66H120O6. The summed E-state index contributed by atoms with van der Waals surface area (Å²) in [5.41, 5.74) is 0. The van der Waals surface area contributed by atoms with Gasteiger partial charge in [-0.1, -0.05) is 307 Å². The van der Waals surface area contributed by atoms with Crippen LogP contribution in [0.5, 0.6) is 0 Å². The highest BCUT2D eigenvalue weighted by atomic mass is 16.6. The van der Waals surface area contributed by atoms with Crippen LogP contribution in [0.25, 0.3) is 0 Å². The molecule has 0 fully saturated rings. The van der Waals surface area contributed by atoms with Gasteiger partial charge in [-0.3, -0.25) is 14.4 Å². The fourth-order valence-corrected chi connectivity index (χ4v) is 9.38. The van der Waals surface area contributed by atoms with Crippen LogP contribution in [0.1, 0.15) is 335 Å². The van der Waals surface area contributed by atoms with Gasteiger partial charge in [0.15, 0.2) is 6.10 Å². The van der Waals surface area contributed by atoms with Gasteiger partial charge in [-0.15, -0.1) is 0 Å². The van der Waals surface area contributed by atoms with Gasteiger partial charge in [-0.25, -0.2) is 0 Å². The summed E-state index contributed by atoms with van der Waals surface area (Å²) in [6.07, 6.45) is 75.5. The minimum absolute atomic E-state index is 0.0717. The summed E-state index contributed by atoms with van der Waals surface area (Å²) in [5.74, 6) is -0.861. The summed E-state index contributed by atoms with van der Waals surface area (Å²) in [6.45, 7) is 6.56. The molecule has 0 aromatic rings. The van der Waals surface area contributed by atoms with Crippen LogP contribution in [-0.2, 0) is 28.6 Å². The Balaban J connectivity index is 4.22. The van der Waals surface area contributed by atoms with Crippen LogP contribution < -0.4 is 0 Å². The van der Waals surface area contributed by atoms with Gasteiger partial charge in [-0.2, -0.15) is 0 Å². The van der Waals surface area contributed by atoms with Crippen molar-refractivity contribution in [2.45, 2.75) is 341 Å². The molecule has 0 bridgehead atoms. The van der Waals surface area contributed by atoms with Crippen LogP contribution in [-0.4, -0.2) is 37.2 Å². The molecule has 0 saturated carbocycles. The molecule has 420 valence electrons. The summed E-state index contributed by atoms with van der Waals surface area (Å²) in [6, 6.07) is 0. The number of allylic oxidation sites excluding steroid dienone is 8. The van der Waals surface area contributed by atoms with E-state index in [2.05, 4.69) is 69.4 Å². The van der Waals surface area contributed by atoms with Crippen LogP contribution >= 0.6 is 0 Å². The lowest BCUT2D eigenvalue weighted by Crippen LogP contribution is -2.30. The van der Waals surface area contributed by atoms with Crippen LogP contribution in [0.15, 0.2) is 48.6 Å². The minimum Gasteiger partial charge on any atom is -0.462 e. The van der Waals surface area contributed by atoms with Gasteiger partial charge < -0.3 is 14.2 Å². The molecule has 0 amide bonds. The van der Waals surface area contributed by atoms with Crippen molar-refractivity contribution in [3.8, 4) is 0 Å². The van der Waals surface area contributed by atoms with Gasteiger partial charge in [0.05, 0.1) is 0 Å². The monoisotopic (exact) mass is 1010 g/mol. The van der Waals surface area contributed by atoms with Crippen molar-refractivity contribution in [3.05, 3.63) is 48.6 Å². The third-order valence-corrected chi connectivity index (χ3v) is 14.1. The zero-order valence-corrected chi connectivity index (χ0v) is 48.2. The predicted molar refractivity (Wildman–Crippen MR) is 312 cm³/mol. The minimum atomic E-state index is -0.774. The smallest absolute Gasteiger partial charge is 0.306 e. The topological polar surface area (TPSA) is 78.9 Å². The first-order valence-corrected chi connectivity index (χ1v) is 31.6. The number of unbranched alkanes of at least 4 members (excludes halogenated alkanes) is 39. The Bertz CT molecular complexity index is 1250. The van der Waals surface area contributed by atoms with Gasteiger partial charge in [0, 0.05) is 19.3 Å². The molecule has 0 aromatic heterocycles. The summed E-state index contributed by atoms with van der Waals surface area (Å²) in [7, 11) is 0. The highest BCUT2D eigenvalue weighted by Gasteiger charge is 2.19. The van der Waals surface area contributed by atoms with Crippen molar-refractivity contribution in [2.75, 3.05) is 13.2 Å². The Hall–Kier alpha value is -2.63. The number of esters is 3. The number of hydrogen-bond donors (Lipinski definition) is 0. The third kappa shape index (κ3) is 58.3. The number of rotatable bonds is 58. The van der Waals surface area contributed by atoms with Gasteiger partial charge in [0.1, 0.15) is 13.2 Å². The van der Waals surface area contributed by atoms with E-state index in [-0.39, 0.29) is 31.1 Å². The SMILES string of the molecule is CC/C=C\C/C=C\C/C=C\C/C=C\CCCCCCCCCCC(=O)OC(COC(=O)CCCCCCCCCCCC)COC(=O)CCCCCCCCCCCCCCCCCCCCCCCCC. The van der Waals surface area contributed by atoms with E-state index in [0.717, 1.165) is 89.9 Å². The Morgan fingerprint density at radius 1 is 0.292 bits per heavy atom. The van der Waals surface area contributed by atoms with Crippen molar-refractivity contribution < 1.29 is 28.6 Å². The van der Waals surface area contributed by atoms with Crippen molar-refractivity contribution in [1.82, 2.24) is 0 Å². The maximum Gasteiger partial charge on any atom is 0.306 e. The van der Waals surface area contributed by atoms with Crippen molar-refractivity contribution in [2.24, 2.45) is 0 Å². The molecular weight excluding hydrogens is 889 g/mol. The summed E-state index contributed by atoms with van der Waals surface area (Å²) >= 11 is 0. The fraction of sp³-hybridized carbons (Fsp3) is 0.833. The molecule has 0 aliphatic heterocycles. The van der Waals surface area contributed by atoms with E-state index in [1.165, 1.54) is 205 Å². The molecule has 6 heteroatoms. The lowest BCUT2D eigenvalue weighted by atomic mass is 10.0. The second kappa shape index (κ2) is 60.9. The molecule has 0 aliphatic rings. The van der Waals surface area contributed by atoms with Crippen LogP contribution in [0.4, 0.5) is 0 Å². The first-order valence-electron chi connectivity index (χ1n) is 31.6. The molecule has 1 unspecified atom stereocenters. The van der Waals surface area contributed by atoms with Gasteiger partial charge in [0.25, 0.3) is 0 Å². The number of carbonyl (C=O) groups excluding carboxylic acids is 3. The average Bonchev–Trinajstić information content (AvgIpc) is 3.38. The summed E-state index contributed by atoms with van der Waals surface area (Å²) in [4.78, 5) is 38.2. The molecule has 0 N–H and O–H groups in total. The van der Waals surface area contributed by atoms with Crippen molar-refractivity contribution in [1.29, 1.82) is 0 Å². The van der Waals surface area contributed by atoms with Gasteiger partial charge in [-0.05, 0) is 57.8 Å². The average molecular weight is 1010 g/mol. The maximum atomic E-state index is 12.9. The normalized spacial score (nSPS) is 12.3. The molecule has 1 atom stereocenters. The van der Waals surface area contributed by atoms with E-state index >= 15 is 0 Å². The lowest BCUT2D eigenvalue weighted by molar-refractivity contribution is -0.167. The van der Waals surface area contributed by atoms with Gasteiger partial charge >= 0.3 is 17.9 Å². The molecule has 0 heterocycles. The van der Waals surface area contributed by atoms with E-state index in [1.54, 1.807) is 0 Å². The van der Waals surface area contributed by atoms with Crippen LogP contribution in [0.2, 0.25) is 0 Å². The Kier molecular flexibility index (Phi) is 58.7. The zero-order chi connectivity index (χ0) is 52.2. The second-order valence-corrected chi connectivity index (χ2v) is 21.3. The maximum absolute atomic E-state index is 12.9. The van der Waals surface area contributed by atoms with E-state index in [0.29, 0.717) is 19.3 Å². The molecule has 0 radical (unpaired) electrons. The van der Waals surface area contributed by atoms with Gasteiger partial charge in [0.2, 0.25) is 0 Å². The fourth-order valence-electron chi connectivity index (χ4n) is 9.38. The van der Waals surface area contributed by atoms with Crippen molar-refractivity contribution in [3.63, 3.8) is 0 Å². The number of carbonyl (C=O) groups is 3. The number of ether oxygens (including phenoxy) is 3. The quantitative estimate of drug-likeness (QED) is 0.0261. The van der Waals surface area contributed by atoms with Crippen molar-refractivity contribution >= 4 is 17.9 Å². The molecule has 0 spiro atoms. The summed E-state index contributed by atoms with van der Waals surface area (Å²) in [5, 5.41) is 0. The second-order valence-electron chi connectivity index (χ2n) is 21.3. The first kappa shape index (κ1) is 69.4. The van der Waals surface area contributed by atoms with E-state index in [1.807, 2.05) is 0 Å². The molecule has 6 nitrogen and oxygen atoms in total. The predicted octanol–water partition coefficient (Wildman–Crippen LogP) is 21.4.